The van der Waals surface area contributed by atoms with Crippen LogP contribution in [0.5, 0.6) is 0 Å². The van der Waals surface area contributed by atoms with Gasteiger partial charge in [0.15, 0.2) is 0 Å². The Morgan fingerprint density at radius 3 is 2.02 bits per heavy atom. The summed E-state index contributed by atoms with van der Waals surface area (Å²) in [5.74, 6) is 0.651. The van der Waals surface area contributed by atoms with Crippen LogP contribution in [0.25, 0.3) is 22.3 Å². The highest BCUT2D eigenvalue weighted by molar-refractivity contribution is 5.83. The molecule has 0 bridgehead atoms. The number of nitrogens with zero attached hydrogens (tertiary/aromatic N) is 2. The molecule has 0 aromatic heterocycles. The Kier molecular flexibility index (Phi) is 8.75. The smallest absolute Gasteiger partial charge is 0.0458 e. The molecular weight excluding hydrogens is 653 g/mol. The van der Waals surface area contributed by atoms with Gasteiger partial charge < -0.3 is 9.80 Å². The van der Waals surface area contributed by atoms with Gasteiger partial charge in [0.2, 0.25) is 0 Å². The third-order valence-electron chi connectivity index (χ3n) is 11.8. The number of allylic oxidation sites excluding steroid dienone is 7. The number of rotatable bonds is 6. The van der Waals surface area contributed by atoms with E-state index in [9.17, 15) is 0 Å². The summed E-state index contributed by atoms with van der Waals surface area (Å²) in [6, 6.07) is 57.5. The van der Waals surface area contributed by atoms with Crippen LogP contribution in [0.15, 0.2) is 194 Å². The molecule has 0 saturated carbocycles. The van der Waals surface area contributed by atoms with Crippen molar-refractivity contribution in [1.82, 2.24) is 0 Å². The van der Waals surface area contributed by atoms with E-state index >= 15 is 0 Å². The predicted octanol–water partition coefficient (Wildman–Crippen LogP) is 13.7. The molecule has 0 spiro atoms. The number of para-hydroxylation sites is 2. The molecule has 6 aromatic rings. The van der Waals surface area contributed by atoms with E-state index in [1.807, 2.05) is 0 Å². The van der Waals surface area contributed by atoms with Crippen molar-refractivity contribution in [3.8, 4) is 11.1 Å². The molecule has 2 heteroatoms. The molecule has 264 valence electrons. The summed E-state index contributed by atoms with van der Waals surface area (Å²) in [5.41, 5.74) is 16.8. The van der Waals surface area contributed by atoms with E-state index < -0.39 is 0 Å². The molecule has 54 heavy (non-hydrogen) atoms. The standard InChI is InChI=1S/C52H46N2/c1-37-35-41(17-14-34-53(51-23-13-11-20-46(37)51)42-28-24-39(25-29-42)38-15-6-4-7-16-38)40-26-30-44(31-27-40)54(43-18-8-5-9-19-43)45-32-33-48-47-21-10-12-22-49(47)52(2,3)50(48)36-45/h4-33,35,37,50H,34,36H2,1-3H3/b17-14-,41-35+/t37?,50-/m1/s1. The number of benzene rings is 6. The molecule has 0 N–H and O–H groups in total. The lowest BCUT2D eigenvalue weighted by molar-refractivity contribution is 0.406. The van der Waals surface area contributed by atoms with Crippen LogP contribution in [-0.2, 0) is 5.41 Å². The fourth-order valence-electron chi connectivity index (χ4n) is 8.94. The van der Waals surface area contributed by atoms with Gasteiger partial charge in [-0.05, 0) is 111 Å². The van der Waals surface area contributed by atoms with Gasteiger partial charge >= 0.3 is 0 Å². The molecule has 2 aliphatic carbocycles. The lowest BCUT2D eigenvalue weighted by Gasteiger charge is -2.36. The minimum atomic E-state index is 0.0698. The second-order valence-electron chi connectivity index (χ2n) is 15.4. The maximum atomic E-state index is 2.46. The Hall–Kier alpha value is -6.12. The van der Waals surface area contributed by atoms with E-state index in [1.54, 1.807) is 0 Å². The third kappa shape index (κ3) is 6.12. The summed E-state index contributed by atoms with van der Waals surface area (Å²) in [7, 11) is 0. The molecule has 1 unspecified atom stereocenters. The zero-order chi connectivity index (χ0) is 36.6. The van der Waals surface area contributed by atoms with Gasteiger partial charge in [0.25, 0.3) is 0 Å². The van der Waals surface area contributed by atoms with Gasteiger partial charge in [-0.15, -0.1) is 0 Å². The van der Waals surface area contributed by atoms with Crippen LogP contribution in [-0.4, -0.2) is 6.54 Å². The largest absolute Gasteiger partial charge is 0.337 e. The molecule has 2 nitrogen and oxygen atoms in total. The predicted molar refractivity (Wildman–Crippen MR) is 230 cm³/mol. The van der Waals surface area contributed by atoms with Crippen LogP contribution >= 0.6 is 0 Å². The molecule has 6 aromatic carbocycles. The third-order valence-corrected chi connectivity index (χ3v) is 11.8. The maximum Gasteiger partial charge on any atom is 0.0458 e. The summed E-state index contributed by atoms with van der Waals surface area (Å²) in [4.78, 5) is 4.90. The normalized spacial score (nSPS) is 20.1. The van der Waals surface area contributed by atoms with E-state index in [-0.39, 0.29) is 11.3 Å². The zero-order valence-electron chi connectivity index (χ0n) is 31.4. The molecule has 1 heterocycles. The first-order valence-corrected chi connectivity index (χ1v) is 19.3. The van der Waals surface area contributed by atoms with Crippen molar-refractivity contribution in [1.29, 1.82) is 0 Å². The molecule has 3 aliphatic rings. The first kappa shape index (κ1) is 33.7. The van der Waals surface area contributed by atoms with Crippen molar-refractivity contribution in [2.75, 3.05) is 16.3 Å². The highest BCUT2D eigenvalue weighted by Crippen LogP contribution is 2.54. The van der Waals surface area contributed by atoms with Gasteiger partial charge in [-0.3, -0.25) is 0 Å². The van der Waals surface area contributed by atoms with Crippen molar-refractivity contribution >= 4 is 33.9 Å². The van der Waals surface area contributed by atoms with Gasteiger partial charge in [0.05, 0.1) is 0 Å². The Balaban J connectivity index is 1.03. The van der Waals surface area contributed by atoms with Gasteiger partial charge in [0.1, 0.15) is 0 Å². The molecule has 0 fully saturated rings. The van der Waals surface area contributed by atoms with E-state index in [2.05, 4.69) is 219 Å². The molecular formula is C52H46N2. The van der Waals surface area contributed by atoms with Crippen molar-refractivity contribution < 1.29 is 0 Å². The van der Waals surface area contributed by atoms with E-state index in [4.69, 9.17) is 0 Å². The van der Waals surface area contributed by atoms with E-state index in [0.717, 1.165) is 13.0 Å². The molecule has 0 saturated heterocycles. The highest BCUT2D eigenvalue weighted by atomic mass is 15.2. The number of hydrogen-bond acceptors (Lipinski definition) is 2. The monoisotopic (exact) mass is 698 g/mol. The summed E-state index contributed by atoms with van der Waals surface area (Å²) in [5, 5.41) is 0. The van der Waals surface area contributed by atoms with Crippen molar-refractivity contribution in [2.24, 2.45) is 5.92 Å². The van der Waals surface area contributed by atoms with Gasteiger partial charge in [0, 0.05) is 40.9 Å². The van der Waals surface area contributed by atoms with Gasteiger partial charge in [-0.2, -0.15) is 0 Å². The Bertz CT molecular complexity index is 2410. The first-order chi connectivity index (χ1) is 26.5. The van der Waals surface area contributed by atoms with Gasteiger partial charge in [-0.25, -0.2) is 0 Å². The molecule has 9 rings (SSSR count). The van der Waals surface area contributed by atoms with Gasteiger partial charge in [-0.1, -0.05) is 160 Å². The Morgan fingerprint density at radius 1 is 0.611 bits per heavy atom. The maximum absolute atomic E-state index is 2.46. The van der Waals surface area contributed by atoms with Crippen LogP contribution in [0, 0.1) is 5.92 Å². The fourth-order valence-corrected chi connectivity index (χ4v) is 8.94. The SMILES string of the molecule is CC1/C=C(c2ccc(N(C3=CC=C4c5ccccc5C(C)(C)[C@@H]4C3)c3ccccc3)cc2)\C=C/CN(c2ccc(-c3ccccc3)cc2)c2ccccc21. The lowest BCUT2D eigenvalue weighted by Crippen LogP contribution is -2.28. The minimum Gasteiger partial charge on any atom is -0.337 e. The molecule has 0 amide bonds. The average molecular weight is 699 g/mol. The van der Waals surface area contributed by atoms with Crippen LogP contribution in [0.2, 0.25) is 0 Å². The van der Waals surface area contributed by atoms with Crippen LogP contribution < -0.4 is 9.80 Å². The quantitative estimate of drug-likeness (QED) is 0.171. The molecule has 2 atom stereocenters. The van der Waals surface area contributed by atoms with Crippen molar-refractivity contribution in [3.63, 3.8) is 0 Å². The summed E-state index contributed by atoms with van der Waals surface area (Å²) in [6.07, 6.45) is 12.8. The zero-order valence-corrected chi connectivity index (χ0v) is 31.4. The summed E-state index contributed by atoms with van der Waals surface area (Å²) < 4.78 is 0. The minimum absolute atomic E-state index is 0.0698. The second-order valence-corrected chi connectivity index (χ2v) is 15.4. The fraction of sp³-hybridized carbons (Fsp3) is 0.154. The topological polar surface area (TPSA) is 6.48 Å². The van der Waals surface area contributed by atoms with Crippen molar-refractivity contribution in [3.05, 3.63) is 216 Å². The Labute approximate surface area is 320 Å². The van der Waals surface area contributed by atoms with E-state index in [0.29, 0.717) is 5.92 Å². The summed E-state index contributed by atoms with van der Waals surface area (Å²) >= 11 is 0. The summed E-state index contributed by atoms with van der Waals surface area (Å²) in [6.45, 7) is 7.93. The highest BCUT2D eigenvalue weighted by Gasteiger charge is 2.44. The Morgan fingerprint density at radius 2 is 1.24 bits per heavy atom. The van der Waals surface area contributed by atoms with Crippen LogP contribution in [0.1, 0.15) is 55.4 Å². The number of anilines is 4. The van der Waals surface area contributed by atoms with E-state index in [1.165, 1.54) is 73.0 Å². The molecule has 0 radical (unpaired) electrons. The lowest BCUT2D eigenvalue weighted by atomic mass is 9.74. The number of fused-ring (bicyclic) bond motifs is 4. The number of hydrogen-bond donors (Lipinski definition) is 0. The average Bonchev–Trinajstić information content (AvgIpc) is 3.49. The van der Waals surface area contributed by atoms with Crippen LogP contribution in [0.4, 0.5) is 22.7 Å². The molecule has 1 aliphatic heterocycles. The second kappa shape index (κ2) is 14.0. The first-order valence-electron chi connectivity index (χ1n) is 19.3. The van der Waals surface area contributed by atoms with Crippen molar-refractivity contribution in [2.45, 2.75) is 38.5 Å². The van der Waals surface area contributed by atoms with Crippen LogP contribution in [0.3, 0.4) is 0 Å².